The molecule has 2 nitrogen and oxygen atoms in total. The Labute approximate surface area is 135 Å². The highest BCUT2D eigenvalue weighted by Gasteiger charge is 2.08. The van der Waals surface area contributed by atoms with E-state index in [2.05, 4.69) is 66.3 Å². The van der Waals surface area contributed by atoms with Crippen LogP contribution in [0.3, 0.4) is 0 Å². The lowest BCUT2D eigenvalue weighted by Gasteiger charge is -2.18. The van der Waals surface area contributed by atoms with Gasteiger partial charge in [0.15, 0.2) is 0 Å². The van der Waals surface area contributed by atoms with Crippen molar-refractivity contribution in [3.8, 4) is 5.75 Å². The third kappa shape index (κ3) is 4.01. The first kappa shape index (κ1) is 15.9. The largest absolute Gasteiger partial charge is 0.494 e. The molecule has 1 unspecified atom stereocenters. The standard InChI is InChI=1S/C18H22BrNO/c1-5-21-17-8-6-15(7-9-17)14(4)20-16-10-12(2)18(19)13(3)11-16/h6-11,14,20H,5H2,1-4H3. The fourth-order valence-corrected chi connectivity index (χ4v) is 2.61. The first-order valence-corrected chi connectivity index (χ1v) is 8.06. The van der Waals surface area contributed by atoms with Gasteiger partial charge in [-0.1, -0.05) is 28.1 Å². The van der Waals surface area contributed by atoms with Gasteiger partial charge in [-0.3, -0.25) is 0 Å². The average molecular weight is 348 g/mol. The van der Waals surface area contributed by atoms with E-state index >= 15 is 0 Å². The number of rotatable bonds is 5. The predicted octanol–water partition coefficient (Wildman–Crippen LogP) is 5.64. The number of benzene rings is 2. The van der Waals surface area contributed by atoms with E-state index in [1.54, 1.807) is 0 Å². The molecule has 0 saturated heterocycles. The number of hydrogen-bond donors (Lipinski definition) is 1. The van der Waals surface area contributed by atoms with Gasteiger partial charge in [-0.2, -0.15) is 0 Å². The normalized spacial score (nSPS) is 12.0. The predicted molar refractivity (Wildman–Crippen MR) is 93.3 cm³/mol. The molecule has 0 aliphatic rings. The average Bonchev–Trinajstić information content (AvgIpc) is 2.45. The number of ether oxygens (including phenoxy) is 1. The van der Waals surface area contributed by atoms with Crippen molar-refractivity contribution < 1.29 is 4.74 Å². The Balaban J connectivity index is 2.12. The number of halogens is 1. The van der Waals surface area contributed by atoms with Gasteiger partial charge in [0.25, 0.3) is 0 Å². The minimum absolute atomic E-state index is 0.251. The maximum absolute atomic E-state index is 5.48. The van der Waals surface area contributed by atoms with Crippen molar-refractivity contribution in [2.45, 2.75) is 33.7 Å². The molecule has 0 aromatic heterocycles. The van der Waals surface area contributed by atoms with Crippen LogP contribution in [0.2, 0.25) is 0 Å². The minimum atomic E-state index is 0.251. The maximum Gasteiger partial charge on any atom is 0.119 e. The topological polar surface area (TPSA) is 21.3 Å². The van der Waals surface area contributed by atoms with E-state index in [4.69, 9.17) is 4.74 Å². The van der Waals surface area contributed by atoms with E-state index in [1.807, 2.05) is 19.1 Å². The lowest BCUT2D eigenvalue weighted by molar-refractivity contribution is 0.340. The van der Waals surface area contributed by atoms with Crippen LogP contribution in [0.1, 0.15) is 36.6 Å². The van der Waals surface area contributed by atoms with Crippen LogP contribution < -0.4 is 10.1 Å². The Morgan fingerprint density at radius 1 is 1.10 bits per heavy atom. The molecule has 0 saturated carbocycles. The summed E-state index contributed by atoms with van der Waals surface area (Å²) in [7, 11) is 0. The second kappa shape index (κ2) is 6.99. The van der Waals surface area contributed by atoms with Gasteiger partial charge in [0.1, 0.15) is 5.75 Å². The van der Waals surface area contributed by atoms with Crippen molar-refractivity contribution in [1.29, 1.82) is 0 Å². The molecule has 2 rings (SSSR count). The van der Waals surface area contributed by atoms with Gasteiger partial charge in [-0.15, -0.1) is 0 Å². The molecule has 0 fully saturated rings. The summed E-state index contributed by atoms with van der Waals surface area (Å²) in [6.45, 7) is 9.09. The third-order valence-electron chi connectivity index (χ3n) is 3.51. The molecule has 0 heterocycles. The van der Waals surface area contributed by atoms with Crippen molar-refractivity contribution in [1.82, 2.24) is 0 Å². The van der Waals surface area contributed by atoms with Gasteiger partial charge < -0.3 is 10.1 Å². The Hall–Kier alpha value is -1.48. The van der Waals surface area contributed by atoms with Crippen LogP contribution in [0.5, 0.6) is 5.75 Å². The van der Waals surface area contributed by atoms with Crippen molar-refractivity contribution in [3.63, 3.8) is 0 Å². The van der Waals surface area contributed by atoms with E-state index in [0.29, 0.717) is 6.61 Å². The van der Waals surface area contributed by atoms with Gasteiger partial charge in [0.2, 0.25) is 0 Å². The summed E-state index contributed by atoms with van der Waals surface area (Å²) in [5.41, 5.74) is 4.89. The summed E-state index contributed by atoms with van der Waals surface area (Å²) in [5.74, 6) is 0.920. The lowest BCUT2D eigenvalue weighted by Crippen LogP contribution is -2.07. The fourth-order valence-electron chi connectivity index (χ4n) is 2.38. The highest BCUT2D eigenvalue weighted by Crippen LogP contribution is 2.28. The van der Waals surface area contributed by atoms with Gasteiger partial charge in [0, 0.05) is 16.2 Å². The van der Waals surface area contributed by atoms with Crippen LogP contribution in [0.25, 0.3) is 0 Å². The van der Waals surface area contributed by atoms with Crippen LogP contribution in [-0.4, -0.2) is 6.61 Å². The van der Waals surface area contributed by atoms with Crippen LogP contribution in [0, 0.1) is 13.8 Å². The second-order valence-electron chi connectivity index (χ2n) is 5.29. The first-order valence-electron chi connectivity index (χ1n) is 7.27. The zero-order valence-electron chi connectivity index (χ0n) is 13.0. The molecule has 0 spiro atoms. The molecule has 112 valence electrons. The monoisotopic (exact) mass is 347 g/mol. The van der Waals surface area contributed by atoms with Crippen molar-refractivity contribution in [2.24, 2.45) is 0 Å². The van der Waals surface area contributed by atoms with Crippen LogP contribution in [-0.2, 0) is 0 Å². The summed E-state index contributed by atoms with van der Waals surface area (Å²) in [4.78, 5) is 0. The Morgan fingerprint density at radius 2 is 1.67 bits per heavy atom. The summed E-state index contributed by atoms with van der Waals surface area (Å²) in [6.07, 6.45) is 0. The quantitative estimate of drug-likeness (QED) is 0.755. The highest BCUT2D eigenvalue weighted by molar-refractivity contribution is 9.10. The molecule has 0 aliphatic carbocycles. The summed E-state index contributed by atoms with van der Waals surface area (Å²) < 4.78 is 6.66. The second-order valence-corrected chi connectivity index (χ2v) is 6.09. The van der Waals surface area contributed by atoms with Crippen LogP contribution in [0.4, 0.5) is 5.69 Å². The third-order valence-corrected chi connectivity index (χ3v) is 4.76. The zero-order chi connectivity index (χ0) is 15.4. The van der Waals surface area contributed by atoms with Crippen LogP contribution >= 0.6 is 15.9 Å². The molecule has 0 amide bonds. The number of aryl methyl sites for hydroxylation is 2. The Morgan fingerprint density at radius 3 is 2.19 bits per heavy atom. The van der Waals surface area contributed by atoms with E-state index in [9.17, 15) is 0 Å². The number of nitrogens with one attached hydrogen (secondary N) is 1. The molecule has 0 radical (unpaired) electrons. The molecule has 1 N–H and O–H groups in total. The summed E-state index contributed by atoms with van der Waals surface area (Å²) in [6, 6.07) is 12.9. The molecular weight excluding hydrogens is 326 g/mol. The molecule has 0 aliphatic heterocycles. The van der Waals surface area contributed by atoms with Crippen LogP contribution in [0.15, 0.2) is 40.9 Å². The van der Waals surface area contributed by atoms with Gasteiger partial charge in [-0.05, 0) is 68.7 Å². The van der Waals surface area contributed by atoms with Gasteiger partial charge in [0.05, 0.1) is 6.61 Å². The molecule has 0 bridgehead atoms. The SMILES string of the molecule is CCOc1ccc(C(C)Nc2cc(C)c(Br)c(C)c2)cc1. The molecule has 1 atom stereocenters. The van der Waals surface area contributed by atoms with Crippen molar-refractivity contribution in [3.05, 3.63) is 57.6 Å². The van der Waals surface area contributed by atoms with Gasteiger partial charge in [-0.25, -0.2) is 0 Å². The Bertz CT molecular complexity index is 584. The molecule has 21 heavy (non-hydrogen) atoms. The van der Waals surface area contributed by atoms with Gasteiger partial charge >= 0.3 is 0 Å². The first-order chi connectivity index (χ1) is 10.0. The van der Waals surface area contributed by atoms with Crippen molar-refractivity contribution in [2.75, 3.05) is 11.9 Å². The maximum atomic E-state index is 5.48. The molecule has 2 aromatic carbocycles. The Kier molecular flexibility index (Phi) is 5.29. The zero-order valence-corrected chi connectivity index (χ0v) is 14.6. The highest BCUT2D eigenvalue weighted by atomic mass is 79.9. The fraction of sp³-hybridized carbons (Fsp3) is 0.333. The number of hydrogen-bond acceptors (Lipinski definition) is 2. The van der Waals surface area contributed by atoms with E-state index in [1.165, 1.54) is 21.2 Å². The molecule has 3 heteroatoms. The molecular formula is C18H22BrNO. The number of anilines is 1. The van der Waals surface area contributed by atoms with E-state index < -0.39 is 0 Å². The van der Waals surface area contributed by atoms with Crippen molar-refractivity contribution >= 4 is 21.6 Å². The van der Waals surface area contributed by atoms with E-state index in [-0.39, 0.29) is 6.04 Å². The summed E-state index contributed by atoms with van der Waals surface area (Å²) >= 11 is 3.61. The lowest BCUT2D eigenvalue weighted by atomic mass is 10.1. The summed E-state index contributed by atoms with van der Waals surface area (Å²) in [5, 5.41) is 3.56. The van der Waals surface area contributed by atoms with E-state index in [0.717, 1.165) is 11.4 Å². The smallest absolute Gasteiger partial charge is 0.119 e. The molecule has 2 aromatic rings. The minimum Gasteiger partial charge on any atom is -0.494 e.